The maximum atomic E-state index is 5.25. The molecule has 10 rings (SSSR count). The molecule has 52 heavy (non-hydrogen) atoms. The van der Waals surface area contributed by atoms with Crippen LogP contribution >= 0.6 is 0 Å². The second-order valence-corrected chi connectivity index (χ2v) is 13.3. The molecule has 5 nitrogen and oxygen atoms in total. The Hall–Kier alpha value is -6.85. The summed E-state index contributed by atoms with van der Waals surface area (Å²) in [5.74, 6) is 1.86. The summed E-state index contributed by atoms with van der Waals surface area (Å²) in [7, 11) is 0. The summed E-state index contributed by atoms with van der Waals surface area (Å²) in [4.78, 5) is 15.5. The molecular weight excluding hydrogens is 635 g/mol. The van der Waals surface area contributed by atoms with Crippen LogP contribution in [-0.2, 0) is 0 Å². The Morgan fingerprint density at radius 3 is 1.83 bits per heavy atom. The molecule has 0 saturated heterocycles. The third-order valence-corrected chi connectivity index (χ3v) is 10.2. The van der Waals surface area contributed by atoms with Crippen molar-refractivity contribution in [1.29, 1.82) is 0 Å². The van der Waals surface area contributed by atoms with Gasteiger partial charge in [0.25, 0.3) is 0 Å². The van der Waals surface area contributed by atoms with Crippen LogP contribution in [0.4, 0.5) is 0 Å². The van der Waals surface area contributed by atoms with Gasteiger partial charge in [-0.1, -0.05) is 146 Å². The summed E-state index contributed by atoms with van der Waals surface area (Å²) in [5.41, 5.74) is 7.49. The maximum absolute atomic E-state index is 5.25. The van der Waals surface area contributed by atoms with Crippen LogP contribution in [0, 0.1) is 0 Å². The molecule has 10 aromatic rings. The van der Waals surface area contributed by atoms with Crippen molar-refractivity contribution >= 4 is 70.7 Å². The van der Waals surface area contributed by atoms with Gasteiger partial charge in [-0.15, -0.1) is 0 Å². The molecule has 0 aliphatic rings. The number of hydrogen-bond donors (Lipinski definition) is 0. The highest BCUT2D eigenvalue weighted by atomic mass is 15.2. The summed E-state index contributed by atoms with van der Waals surface area (Å²) < 4.78 is 4.73. The van der Waals surface area contributed by atoms with Crippen molar-refractivity contribution in [3.63, 3.8) is 0 Å². The van der Waals surface area contributed by atoms with E-state index in [4.69, 9.17) is 15.0 Å². The molecule has 7 aromatic carbocycles. The molecule has 0 unspecified atom stereocenters. The van der Waals surface area contributed by atoms with E-state index < -0.39 is 0 Å². The normalized spacial score (nSPS) is 12.5. The lowest BCUT2D eigenvalue weighted by molar-refractivity contribution is 0.931. The maximum Gasteiger partial charge on any atom is 0.238 e. The molecule has 0 saturated carbocycles. The minimum Gasteiger partial charge on any atom is -0.308 e. The zero-order valence-electron chi connectivity index (χ0n) is 28.8. The number of para-hydroxylation sites is 1. The van der Waals surface area contributed by atoms with Crippen LogP contribution in [-0.4, -0.2) is 24.1 Å². The first-order valence-corrected chi connectivity index (χ1v) is 17.7. The summed E-state index contributed by atoms with van der Waals surface area (Å²) in [6.07, 6.45) is 6.10. The third-order valence-electron chi connectivity index (χ3n) is 10.2. The van der Waals surface area contributed by atoms with E-state index in [9.17, 15) is 0 Å². The van der Waals surface area contributed by atoms with E-state index in [1.54, 1.807) is 0 Å². The van der Waals surface area contributed by atoms with Gasteiger partial charge in [0.1, 0.15) is 0 Å². The Morgan fingerprint density at radius 2 is 1.12 bits per heavy atom. The zero-order valence-corrected chi connectivity index (χ0v) is 28.8. The molecule has 0 amide bonds. The van der Waals surface area contributed by atoms with Crippen molar-refractivity contribution in [1.82, 2.24) is 24.1 Å². The summed E-state index contributed by atoms with van der Waals surface area (Å²) in [6, 6.07) is 51.8. The van der Waals surface area contributed by atoms with Crippen molar-refractivity contribution in [2.75, 3.05) is 0 Å². The molecule has 246 valence electrons. The highest BCUT2D eigenvalue weighted by Crippen LogP contribution is 2.45. The van der Waals surface area contributed by atoms with Gasteiger partial charge in [0, 0.05) is 43.6 Å². The molecule has 0 aliphatic carbocycles. The zero-order chi connectivity index (χ0) is 34.8. The molecular formula is C47H33N5. The Kier molecular flexibility index (Phi) is 6.86. The van der Waals surface area contributed by atoms with E-state index in [0.29, 0.717) is 17.6 Å². The number of benzene rings is 7. The van der Waals surface area contributed by atoms with E-state index in [2.05, 4.69) is 150 Å². The lowest BCUT2D eigenvalue weighted by atomic mass is 10.0. The lowest BCUT2D eigenvalue weighted by Gasteiger charge is -2.12. The Bertz CT molecular complexity index is 3070. The number of fused-ring (bicyclic) bond motifs is 11. The van der Waals surface area contributed by atoms with E-state index in [1.807, 2.05) is 37.3 Å². The molecule has 3 heterocycles. The fourth-order valence-corrected chi connectivity index (χ4v) is 7.84. The Balaban J connectivity index is 1.43. The summed E-state index contributed by atoms with van der Waals surface area (Å²) in [6.45, 7) is 4.07. The fourth-order valence-electron chi connectivity index (χ4n) is 7.84. The SMILES string of the molecule is C/C=C\C=C(/C)c1nc(-c2ccccc2)nc(-n2c3ccc4c5ccc6ccccc6c5n(-c5ccccc5)c4c3c3ccc4ccccc4c32)n1. The van der Waals surface area contributed by atoms with Crippen LogP contribution in [0.1, 0.15) is 19.7 Å². The number of allylic oxidation sites excluding steroid dienone is 4. The van der Waals surface area contributed by atoms with E-state index in [-0.39, 0.29) is 0 Å². The van der Waals surface area contributed by atoms with Crippen LogP contribution in [0.3, 0.4) is 0 Å². The molecule has 0 spiro atoms. The van der Waals surface area contributed by atoms with Gasteiger partial charge in [-0.25, -0.2) is 4.98 Å². The van der Waals surface area contributed by atoms with Crippen molar-refractivity contribution in [3.05, 3.63) is 170 Å². The first-order chi connectivity index (χ1) is 25.7. The average Bonchev–Trinajstić information content (AvgIpc) is 3.74. The fraction of sp³-hybridized carbons (Fsp3) is 0.0426. The highest BCUT2D eigenvalue weighted by Gasteiger charge is 2.24. The molecule has 0 fully saturated rings. The lowest BCUT2D eigenvalue weighted by Crippen LogP contribution is -2.07. The number of hydrogen-bond acceptors (Lipinski definition) is 3. The molecule has 0 bridgehead atoms. The Morgan fingerprint density at radius 1 is 0.519 bits per heavy atom. The summed E-state index contributed by atoms with van der Waals surface area (Å²) in [5, 5.41) is 9.47. The molecule has 0 atom stereocenters. The van der Waals surface area contributed by atoms with E-state index >= 15 is 0 Å². The van der Waals surface area contributed by atoms with Gasteiger partial charge in [-0.3, -0.25) is 4.57 Å². The first kappa shape index (κ1) is 30.0. The monoisotopic (exact) mass is 667 g/mol. The van der Waals surface area contributed by atoms with Gasteiger partial charge < -0.3 is 4.57 Å². The standard InChI is InChI=1S/C47H33N5/c1-3-4-15-30(2)45-48-46(33-18-7-5-8-19-33)50-47(49-45)52-40-29-28-38-37-26-24-31-16-11-13-22-35(31)42(37)51(34-20-9-6-10-21-34)44(38)41(40)39-27-25-32-17-12-14-23-36(32)43(39)52/h3-29H,1-2H3/b4-3-,30-15+. The van der Waals surface area contributed by atoms with Crippen LogP contribution in [0.15, 0.2) is 164 Å². The second-order valence-electron chi connectivity index (χ2n) is 13.3. The van der Waals surface area contributed by atoms with E-state index in [0.717, 1.165) is 54.9 Å². The van der Waals surface area contributed by atoms with Crippen molar-refractivity contribution in [3.8, 4) is 23.0 Å². The third kappa shape index (κ3) is 4.53. The molecule has 5 heteroatoms. The predicted octanol–water partition coefficient (Wildman–Crippen LogP) is 12.0. The van der Waals surface area contributed by atoms with Crippen molar-refractivity contribution < 1.29 is 0 Å². The quantitative estimate of drug-likeness (QED) is 0.172. The van der Waals surface area contributed by atoms with Crippen LogP contribution < -0.4 is 0 Å². The van der Waals surface area contributed by atoms with Gasteiger partial charge in [-0.05, 0) is 48.4 Å². The molecule has 0 radical (unpaired) electrons. The summed E-state index contributed by atoms with van der Waals surface area (Å²) >= 11 is 0. The number of nitrogens with zero attached hydrogens (tertiary/aromatic N) is 5. The molecule has 0 aliphatic heterocycles. The van der Waals surface area contributed by atoms with Crippen LogP contribution in [0.2, 0.25) is 0 Å². The smallest absolute Gasteiger partial charge is 0.238 e. The molecule has 3 aromatic heterocycles. The average molecular weight is 668 g/mol. The van der Waals surface area contributed by atoms with Gasteiger partial charge in [0.05, 0.1) is 22.1 Å². The molecule has 0 N–H and O–H groups in total. The second kappa shape index (κ2) is 11.9. The Labute approximate surface area is 300 Å². The van der Waals surface area contributed by atoms with Crippen LogP contribution in [0.25, 0.3) is 93.8 Å². The first-order valence-electron chi connectivity index (χ1n) is 17.7. The van der Waals surface area contributed by atoms with Crippen molar-refractivity contribution in [2.24, 2.45) is 0 Å². The van der Waals surface area contributed by atoms with Gasteiger partial charge in [-0.2, -0.15) is 9.97 Å². The van der Waals surface area contributed by atoms with Crippen LogP contribution in [0.5, 0.6) is 0 Å². The highest BCUT2D eigenvalue weighted by molar-refractivity contribution is 6.30. The van der Waals surface area contributed by atoms with Gasteiger partial charge in [0.2, 0.25) is 5.95 Å². The predicted molar refractivity (Wildman–Crippen MR) is 217 cm³/mol. The van der Waals surface area contributed by atoms with E-state index in [1.165, 1.54) is 27.1 Å². The topological polar surface area (TPSA) is 48.5 Å². The minimum atomic E-state index is 0.584. The number of aromatic nitrogens is 5. The van der Waals surface area contributed by atoms with Gasteiger partial charge in [0.15, 0.2) is 11.6 Å². The van der Waals surface area contributed by atoms with Crippen molar-refractivity contribution in [2.45, 2.75) is 13.8 Å². The number of rotatable bonds is 5. The largest absolute Gasteiger partial charge is 0.308 e. The minimum absolute atomic E-state index is 0.584. The van der Waals surface area contributed by atoms with Gasteiger partial charge >= 0.3 is 0 Å².